The third-order valence-electron chi connectivity index (χ3n) is 2.77. The van der Waals surface area contributed by atoms with Crippen molar-refractivity contribution in [3.8, 4) is 5.69 Å². The lowest BCUT2D eigenvalue weighted by Gasteiger charge is -2.19. The third kappa shape index (κ3) is 2.71. The Morgan fingerprint density at radius 1 is 1.32 bits per heavy atom. The van der Waals surface area contributed by atoms with Gasteiger partial charge in [0.25, 0.3) is 0 Å². The smallest absolute Gasteiger partial charge is 0.205 e. The minimum absolute atomic E-state index is 0.211. The SMILES string of the molecule is Cc1cc(=O)c(C(C)(C)N)nn1-c1cccc(F)c1. The number of aryl methyl sites for hydroxylation is 1. The summed E-state index contributed by atoms with van der Waals surface area (Å²) < 4.78 is 14.8. The first-order chi connectivity index (χ1) is 8.79. The monoisotopic (exact) mass is 261 g/mol. The Labute approximate surface area is 110 Å². The molecule has 0 aliphatic carbocycles. The Hall–Kier alpha value is -2.01. The molecule has 4 nitrogen and oxygen atoms in total. The molecule has 0 bridgehead atoms. The Morgan fingerprint density at radius 2 is 2.00 bits per heavy atom. The van der Waals surface area contributed by atoms with E-state index in [-0.39, 0.29) is 16.9 Å². The lowest BCUT2D eigenvalue weighted by molar-refractivity contribution is 0.510. The molecular weight excluding hydrogens is 245 g/mol. The minimum Gasteiger partial charge on any atom is -0.320 e. The minimum atomic E-state index is -0.847. The second kappa shape index (κ2) is 4.59. The van der Waals surface area contributed by atoms with Crippen molar-refractivity contribution in [2.75, 3.05) is 0 Å². The molecule has 0 aliphatic heterocycles. The predicted octanol–water partition coefficient (Wildman–Crippen LogP) is 1.87. The molecule has 0 saturated heterocycles. The molecule has 2 N–H and O–H groups in total. The van der Waals surface area contributed by atoms with Gasteiger partial charge in [0, 0.05) is 11.8 Å². The molecule has 100 valence electrons. The maximum Gasteiger partial charge on any atom is 0.205 e. The van der Waals surface area contributed by atoms with E-state index in [1.165, 1.54) is 22.9 Å². The quantitative estimate of drug-likeness (QED) is 0.897. The van der Waals surface area contributed by atoms with E-state index in [9.17, 15) is 9.18 Å². The van der Waals surface area contributed by atoms with Crippen molar-refractivity contribution in [3.05, 3.63) is 57.8 Å². The number of nitrogens with zero attached hydrogens (tertiary/aromatic N) is 2. The first-order valence-electron chi connectivity index (χ1n) is 5.95. The van der Waals surface area contributed by atoms with Gasteiger partial charge in [-0.15, -0.1) is 0 Å². The van der Waals surface area contributed by atoms with Crippen LogP contribution < -0.4 is 11.2 Å². The van der Waals surface area contributed by atoms with Gasteiger partial charge in [0.2, 0.25) is 5.43 Å². The Kier molecular flexibility index (Phi) is 3.24. The number of nitrogens with two attached hydrogens (primary N) is 1. The van der Waals surface area contributed by atoms with Crippen LogP contribution in [0.1, 0.15) is 25.2 Å². The summed E-state index contributed by atoms with van der Waals surface area (Å²) in [6, 6.07) is 7.49. The van der Waals surface area contributed by atoms with Crippen LogP contribution in [0.25, 0.3) is 5.69 Å². The first kappa shape index (κ1) is 13.4. The number of aromatic nitrogens is 2. The van der Waals surface area contributed by atoms with Crippen LogP contribution in [0.2, 0.25) is 0 Å². The average molecular weight is 261 g/mol. The molecule has 5 heteroatoms. The van der Waals surface area contributed by atoms with E-state index in [0.717, 1.165) is 0 Å². The van der Waals surface area contributed by atoms with Crippen LogP contribution >= 0.6 is 0 Å². The van der Waals surface area contributed by atoms with Gasteiger partial charge in [-0.05, 0) is 39.0 Å². The van der Waals surface area contributed by atoms with E-state index in [1.54, 1.807) is 32.9 Å². The normalized spacial score (nSPS) is 11.6. The van der Waals surface area contributed by atoms with Gasteiger partial charge in [-0.3, -0.25) is 4.79 Å². The maximum atomic E-state index is 13.3. The summed E-state index contributed by atoms with van der Waals surface area (Å²) in [5, 5.41) is 4.27. The van der Waals surface area contributed by atoms with Crippen LogP contribution in [-0.2, 0) is 5.54 Å². The predicted molar refractivity (Wildman–Crippen MR) is 71.7 cm³/mol. The van der Waals surface area contributed by atoms with Gasteiger partial charge in [0.05, 0.1) is 11.2 Å². The second-order valence-corrected chi connectivity index (χ2v) is 5.11. The summed E-state index contributed by atoms with van der Waals surface area (Å²) in [7, 11) is 0. The number of rotatable bonds is 2. The highest BCUT2D eigenvalue weighted by Crippen LogP contribution is 2.14. The van der Waals surface area contributed by atoms with E-state index in [0.29, 0.717) is 11.4 Å². The first-order valence-corrected chi connectivity index (χ1v) is 5.95. The van der Waals surface area contributed by atoms with E-state index < -0.39 is 5.54 Å². The highest BCUT2D eigenvalue weighted by atomic mass is 19.1. The van der Waals surface area contributed by atoms with Crippen molar-refractivity contribution in [2.45, 2.75) is 26.3 Å². The molecule has 1 aromatic carbocycles. The molecule has 0 atom stereocenters. The van der Waals surface area contributed by atoms with Gasteiger partial charge in [-0.25, -0.2) is 9.07 Å². The van der Waals surface area contributed by atoms with Gasteiger partial charge < -0.3 is 5.73 Å². The molecule has 1 aromatic heterocycles. The van der Waals surface area contributed by atoms with Crippen LogP contribution in [-0.4, -0.2) is 9.78 Å². The zero-order valence-electron chi connectivity index (χ0n) is 11.1. The maximum absolute atomic E-state index is 13.3. The van der Waals surface area contributed by atoms with Crippen LogP contribution in [0.4, 0.5) is 4.39 Å². The lowest BCUT2D eigenvalue weighted by atomic mass is 10.0. The van der Waals surface area contributed by atoms with Crippen molar-refractivity contribution >= 4 is 0 Å². The Morgan fingerprint density at radius 3 is 2.58 bits per heavy atom. The molecule has 0 amide bonds. The molecule has 19 heavy (non-hydrogen) atoms. The molecule has 0 spiro atoms. The van der Waals surface area contributed by atoms with Crippen LogP contribution in [0, 0.1) is 12.7 Å². The Bertz CT molecular complexity index is 671. The Balaban J connectivity index is 2.68. The summed E-state index contributed by atoms with van der Waals surface area (Å²) in [6.45, 7) is 5.16. The molecular formula is C14H16FN3O. The zero-order valence-corrected chi connectivity index (χ0v) is 11.1. The molecule has 0 unspecified atom stereocenters. The fraction of sp³-hybridized carbons (Fsp3) is 0.286. The largest absolute Gasteiger partial charge is 0.320 e. The summed E-state index contributed by atoms with van der Waals surface area (Å²) in [6.07, 6.45) is 0. The lowest BCUT2D eigenvalue weighted by Crippen LogP contribution is -2.37. The van der Waals surface area contributed by atoms with Crippen molar-refractivity contribution in [3.63, 3.8) is 0 Å². The third-order valence-corrected chi connectivity index (χ3v) is 2.77. The van der Waals surface area contributed by atoms with Crippen LogP contribution in [0.5, 0.6) is 0 Å². The van der Waals surface area contributed by atoms with Gasteiger partial charge in [0.1, 0.15) is 11.5 Å². The molecule has 1 heterocycles. The molecule has 0 aliphatic rings. The van der Waals surface area contributed by atoms with Crippen LogP contribution in [0.15, 0.2) is 35.1 Å². The summed E-state index contributed by atoms with van der Waals surface area (Å²) >= 11 is 0. The molecule has 0 radical (unpaired) electrons. The van der Waals surface area contributed by atoms with Crippen molar-refractivity contribution in [2.24, 2.45) is 5.73 Å². The molecule has 2 rings (SSSR count). The second-order valence-electron chi connectivity index (χ2n) is 5.11. The standard InChI is InChI=1S/C14H16FN3O/c1-9-7-12(19)13(14(2,3)16)17-18(9)11-6-4-5-10(15)8-11/h4-8H,16H2,1-3H3. The van der Waals surface area contributed by atoms with Crippen molar-refractivity contribution in [1.82, 2.24) is 9.78 Å². The van der Waals surface area contributed by atoms with E-state index in [1.807, 2.05) is 0 Å². The number of benzene rings is 1. The average Bonchev–Trinajstić information content (AvgIpc) is 2.27. The van der Waals surface area contributed by atoms with Gasteiger partial charge >= 0.3 is 0 Å². The van der Waals surface area contributed by atoms with Crippen molar-refractivity contribution in [1.29, 1.82) is 0 Å². The van der Waals surface area contributed by atoms with E-state index >= 15 is 0 Å². The number of halogens is 1. The molecule has 0 fully saturated rings. The summed E-state index contributed by atoms with van der Waals surface area (Å²) in [4.78, 5) is 11.9. The highest BCUT2D eigenvalue weighted by Gasteiger charge is 2.21. The fourth-order valence-electron chi connectivity index (χ4n) is 1.86. The van der Waals surface area contributed by atoms with E-state index in [4.69, 9.17) is 5.73 Å². The number of hydrogen-bond donors (Lipinski definition) is 1. The molecule has 2 aromatic rings. The fourth-order valence-corrected chi connectivity index (χ4v) is 1.86. The topological polar surface area (TPSA) is 60.9 Å². The summed E-state index contributed by atoms with van der Waals surface area (Å²) in [5.41, 5.74) is 6.32. The van der Waals surface area contributed by atoms with Crippen LogP contribution in [0.3, 0.4) is 0 Å². The molecule has 0 saturated carbocycles. The highest BCUT2D eigenvalue weighted by molar-refractivity contribution is 5.33. The van der Waals surface area contributed by atoms with Gasteiger partial charge in [-0.2, -0.15) is 5.10 Å². The van der Waals surface area contributed by atoms with Gasteiger partial charge in [-0.1, -0.05) is 6.07 Å². The summed E-state index contributed by atoms with van der Waals surface area (Å²) in [5.74, 6) is -0.356. The van der Waals surface area contributed by atoms with Crippen molar-refractivity contribution < 1.29 is 4.39 Å². The zero-order chi connectivity index (χ0) is 14.2. The van der Waals surface area contributed by atoms with Gasteiger partial charge in [0.15, 0.2) is 0 Å². The van der Waals surface area contributed by atoms with E-state index in [2.05, 4.69) is 5.10 Å². The number of hydrogen-bond acceptors (Lipinski definition) is 3.